The van der Waals surface area contributed by atoms with E-state index in [0.29, 0.717) is 0 Å². The second-order valence-electron chi connectivity index (χ2n) is 5.59. The van der Waals surface area contributed by atoms with E-state index in [-0.39, 0.29) is 31.5 Å². The topological polar surface area (TPSA) is 96.0 Å². The minimum absolute atomic E-state index is 0.112. The third-order valence-corrected chi connectivity index (χ3v) is 2.09. The summed E-state index contributed by atoms with van der Waals surface area (Å²) >= 11 is 0. The minimum Gasteiger partial charge on any atom is -0.463 e. The molecule has 0 bridgehead atoms. The average molecular weight is 314 g/mol. The van der Waals surface area contributed by atoms with E-state index in [1.165, 1.54) is 0 Å². The summed E-state index contributed by atoms with van der Waals surface area (Å²) in [6.45, 7) is 7.13. The highest BCUT2D eigenvalue weighted by molar-refractivity contribution is 5.91. The van der Waals surface area contributed by atoms with Crippen LogP contribution in [0, 0.1) is 5.41 Å². The summed E-state index contributed by atoms with van der Waals surface area (Å²) in [7, 11) is 0. The van der Waals surface area contributed by atoms with Crippen molar-refractivity contribution in [3.63, 3.8) is 0 Å². The molecule has 22 heavy (non-hydrogen) atoms. The third kappa shape index (κ3) is 11.6. The van der Waals surface area contributed by atoms with Crippen LogP contribution in [0.4, 0.5) is 0 Å². The van der Waals surface area contributed by atoms with E-state index in [1.54, 1.807) is 6.92 Å². The van der Waals surface area contributed by atoms with E-state index in [2.05, 4.69) is 14.2 Å². The van der Waals surface area contributed by atoms with E-state index >= 15 is 0 Å². The lowest BCUT2D eigenvalue weighted by Crippen LogP contribution is -2.20. The molecule has 0 saturated heterocycles. The Balaban J connectivity index is 3.95. The predicted molar refractivity (Wildman–Crippen MR) is 76.5 cm³/mol. The molecule has 0 aliphatic rings. The molecule has 0 N–H and O–H groups in total. The molecule has 0 heterocycles. The van der Waals surface area contributed by atoms with E-state index < -0.39 is 23.9 Å². The summed E-state index contributed by atoms with van der Waals surface area (Å²) in [5.74, 6) is -2.84. The van der Waals surface area contributed by atoms with Crippen molar-refractivity contribution in [3.8, 4) is 0 Å². The molecule has 124 valence electrons. The molecule has 0 radical (unpaired) electrons. The summed E-state index contributed by atoms with van der Waals surface area (Å²) in [5.41, 5.74) is -0.276. The number of carbonyl (C=O) groups is 4. The maximum atomic E-state index is 11.4. The van der Waals surface area contributed by atoms with Gasteiger partial charge < -0.3 is 14.2 Å². The largest absolute Gasteiger partial charge is 0.463 e. The highest BCUT2D eigenvalue weighted by Gasteiger charge is 2.19. The van der Waals surface area contributed by atoms with Crippen LogP contribution in [0.1, 0.15) is 40.5 Å². The van der Waals surface area contributed by atoms with Gasteiger partial charge in [-0.2, -0.15) is 0 Å². The fraction of sp³-hybridized carbons (Fsp3) is 0.600. The zero-order chi connectivity index (χ0) is 17.2. The molecule has 0 aliphatic carbocycles. The van der Waals surface area contributed by atoms with Gasteiger partial charge in [0.15, 0.2) is 0 Å². The Morgan fingerprint density at radius 1 is 0.909 bits per heavy atom. The lowest BCUT2D eigenvalue weighted by atomic mass is 9.92. The summed E-state index contributed by atoms with van der Waals surface area (Å²) in [6.07, 6.45) is 1.70. The van der Waals surface area contributed by atoms with Crippen LogP contribution in [0.2, 0.25) is 0 Å². The maximum Gasteiger partial charge on any atom is 0.331 e. The second-order valence-corrected chi connectivity index (χ2v) is 5.59. The lowest BCUT2D eigenvalue weighted by Gasteiger charge is -2.15. The lowest BCUT2D eigenvalue weighted by molar-refractivity contribution is -0.161. The van der Waals surface area contributed by atoms with E-state index in [0.717, 1.165) is 12.2 Å². The van der Waals surface area contributed by atoms with Gasteiger partial charge >= 0.3 is 23.9 Å². The monoisotopic (exact) mass is 314 g/mol. The molecule has 7 nitrogen and oxygen atoms in total. The van der Waals surface area contributed by atoms with Crippen molar-refractivity contribution in [2.75, 3.05) is 13.2 Å². The number of carbonyl (C=O) groups excluding carboxylic acids is 4. The molecule has 0 saturated carbocycles. The van der Waals surface area contributed by atoms with Crippen LogP contribution < -0.4 is 0 Å². The zero-order valence-corrected chi connectivity index (χ0v) is 13.3. The van der Waals surface area contributed by atoms with Crippen LogP contribution in [0.3, 0.4) is 0 Å². The number of ether oxygens (including phenoxy) is 3. The molecule has 0 unspecified atom stereocenters. The molecule has 0 rings (SSSR count). The van der Waals surface area contributed by atoms with Crippen LogP contribution in [-0.4, -0.2) is 37.1 Å². The van der Waals surface area contributed by atoms with Gasteiger partial charge in [0.05, 0.1) is 19.4 Å². The van der Waals surface area contributed by atoms with Crippen LogP contribution in [0.25, 0.3) is 0 Å². The number of rotatable bonds is 7. The summed E-state index contributed by atoms with van der Waals surface area (Å²) < 4.78 is 13.8. The van der Waals surface area contributed by atoms with E-state index in [9.17, 15) is 19.2 Å². The average Bonchev–Trinajstić information content (AvgIpc) is 2.34. The van der Waals surface area contributed by atoms with Crippen molar-refractivity contribution in [3.05, 3.63) is 12.2 Å². The SMILES string of the molecule is CCOC(=O)/C=C\C(=O)OCCC(=O)OC(=O)CC(C)(C)C. The molecule has 0 atom stereocenters. The van der Waals surface area contributed by atoms with Gasteiger partial charge in [0.25, 0.3) is 0 Å². The summed E-state index contributed by atoms with van der Waals surface area (Å²) in [6, 6.07) is 0. The quantitative estimate of drug-likeness (QED) is 0.304. The summed E-state index contributed by atoms with van der Waals surface area (Å²) in [4.78, 5) is 44.9. The van der Waals surface area contributed by atoms with Crippen LogP contribution >= 0.6 is 0 Å². The molecular weight excluding hydrogens is 292 g/mol. The normalized spacial score (nSPS) is 11.1. The van der Waals surface area contributed by atoms with Gasteiger partial charge in [0.2, 0.25) is 0 Å². The molecule has 0 aromatic rings. The Kier molecular flexibility index (Phi) is 8.74. The van der Waals surface area contributed by atoms with E-state index in [1.807, 2.05) is 20.8 Å². The minimum atomic E-state index is -0.790. The van der Waals surface area contributed by atoms with Gasteiger partial charge in [-0.25, -0.2) is 9.59 Å². The van der Waals surface area contributed by atoms with Crippen molar-refractivity contribution in [2.45, 2.75) is 40.5 Å². The fourth-order valence-electron chi connectivity index (χ4n) is 1.26. The molecule has 0 aromatic carbocycles. The van der Waals surface area contributed by atoms with E-state index in [4.69, 9.17) is 0 Å². The third-order valence-electron chi connectivity index (χ3n) is 2.09. The smallest absolute Gasteiger partial charge is 0.331 e. The first-order chi connectivity index (χ1) is 10.1. The van der Waals surface area contributed by atoms with Gasteiger partial charge in [-0.1, -0.05) is 20.8 Å². The van der Waals surface area contributed by atoms with Gasteiger partial charge in [-0.3, -0.25) is 9.59 Å². The van der Waals surface area contributed by atoms with Crippen molar-refractivity contribution in [1.82, 2.24) is 0 Å². The van der Waals surface area contributed by atoms with Crippen molar-refractivity contribution < 1.29 is 33.4 Å². The highest BCUT2D eigenvalue weighted by atomic mass is 16.6. The standard InChI is InChI=1S/C15H22O7/c1-5-20-11(16)6-7-12(17)21-9-8-13(18)22-14(19)10-15(2,3)4/h6-7H,5,8-10H2,1-4H3/b7-6-. The van der Waals surface area contributed by atoms with Crippen LogP contribution in [0.15, 0.2) is 12.2 Å². The second kappa shape index (κ2) is 9.70. The predicted octanol–water partition coefficient (Wildman–Crippen LogP) is 1.54. The first-order valence-corrected chi connectivity index (χ1v) is 6.89. The van der Waals surface area contributed by atoms with Crippen LogP contribution in [-0.2, 0) is 33.4 Å². The number of esters is 4. The molecule has 0 amide bonds. The molecular formula is C15H22O7. The first-order valence-electron chi connectivity index (χ1n) is 6.89. The Labute approximate surface area is 129 Å². The van der Waals surface area contributed by atoms with Gasteiger partial charge in [-0.15, -0.1) is 0 Å². The van der Waals surface area contributed by atoms with Gasteiger partial charge in [0.1, 0.15) is 6.61 Å². The fourth-order valence-corrected chi connectivity index (χ4v) is 1.26. The molecule has 7 heteroatoms. The number of hydrogen-bond donors (Lipinski definition) is 0. The Hall–Kier alpha value is -2.18. The molecule has 0 aromatic heterocycles. The molecule has 0 aliphatic heterocycles. The van der Waals surface area contributed by atoms with Crippen molar-refractivity contribution in [2.24, 2.45) is 5.41 Å². The van der Waals surface area contributed by atoms with Crippen LogP contribution in [0.5, 0.6) is 0 Å². The summed E-state index contributed by atoms with van der Waals surface area (Å²) in [5, 5.41) is 0. The van der Waals surface area contributed by atoms with Crippen molar-refractivity contribution >= 4 is 23.9 Å². The number of hydrogen-bond acceptors (Lipinski definition) is 7. The Bertz CT molecular complexity index is 443. The molecule has 0 fully saturated rings. The van der Waals surface area contributed by atoms with Crippen molar-refractivity contribution in [1.29, 1.82) is 0 Å². The zero-order valence-electron chi connectivity index (χ0n) is 13.3. The van der Waals surface area contributed by atoms with Gasteiger partial charge in [0, 0.05) is 12.2 Å². The van der Waals surface area contributed by atoms with Gasteiger partial charge in [-0.05, 0) is 12.3 Å². The maximum absolute atomic E-state index is 11.4. The Morgan fingerprint density at radius 3 is 1.95 bits per heavy atom. The first kappa shape index (κ1) is 19.8. The Morgan fingerprint density at radius 2 is 1.45 bits per heavy atom. The highest BCUT2D eigenvalue weighted by Crippen LogP contribution is 2.18. The molecule has 0 spiro atoms.